The Hall–Kier alpha value is -1.47. The normalized spacial score (nSPS) is 14.1. The van der Waals surface area contributed by atoms with Crippen molar-refractivity contribution >= 4 is 22.7 Å². The molecule has 0 radical (unpaired) electrons. The van der Waals surface area contributed by atoms with Crippen LogP contribution in [0.15, 0.2) is 45.8 Å². The fourth-order valence-electron chi connectivity index (χ4n) is 2.20. The number of hydrogen-bond donors (Lipinski definition) is 2. The highest BCUT2D eigenvalue weighted by Crippen LogP contribution is 2.27. The molecule has 0 saturated heterocycles. The number of nitrogens with zero attached hydrogens (tertiary/aromatic N) is 1. The van der Waals surface area contributed by atoms with Gasteiger partial charge in [0.2, 0.25) is 0 Å². The molecule has 3 rings (SSSR count). The first-order valence-corrected chi connectivity index (χ1v) is 8.90. The molecule has 0 amide bonds. The highest BCUT2D eigenvalue weighted by atomic mass is 32.1. The molecule has 0 bridgehead atoms. The first kappa shape index (κ1) is 15.4. The van der Waals surface area contributed by atoms with E-state index in [1.165, 1.54) is 10.4 Å². The van der Waals surface area contributed by atoms with E-state index in [9.17, 15) is 5.11 Å². The number of aliphatic hydroxyl groups excluding tert-OH is 1. The summed E-state index contributed by atoms with van der Waals surface area (Å²) in [5, 5.41) is 18.7. The summed E-state index contributed by atoms with van der Waals surface area (Å²) in [6.45, 7) is 2.82. The van der Waals surface area contributed by atoms with Crippen LogP contribution in [0, 0.1) is 0 Å². The van der Waals surface area contributed by atoms with Gasteiger partial charge in [-0.25, -0.2) is 4.98 Å². The number of nitrogens with one attached hydrogen (secondary N) is 1. The molecule has 3 aromatic rings. The van der Waals surface area contributed by atoms with E-state index < -0.39 is 6.10 Å². The van der Waals surface area contributed by atoms with Crippen LogP contribution in [0.3, 0.4) is 0 Å². The molecule has 0 aromatic carbocycles. The van der Waals surface area contributed by atoms with Gasteiger partial charge in [0.15, 0.2) is 0 Å². The van der Waals surface area contributed by atoms with E-state index in [0.717, 1.165) is 11.6 Å². The topological polar surface area (TPSA) is 58.3 Å². The van der Waals surface area contributed by atoms with Crippen molar-refractivity contribution < 1.29 is 9.52 Å². The molecule has 0 aliphatic rings. The van der Waals surface area contributed by atoms with Gasteiger partial charge in [-0.05, 0) is 36.9 Å². The Labute approximate surface area is 137 Å². The Kier molecular flexibility index (Phi) is 5.04. The molecule has 0 aliphatic carbocycles. The van der Waals surface area contributed by atoms with Crippen molar-refractivity contribution in [1.29, 1.82) is 0 Å². The van der Waals surface area contributed by atoms with E-state index >= 15 is 0 Å². The molecule has 0 spiro atoms. The first-order valence-electron chi connectivity index (χ1n) is 7.14. The molecule has 6 heteroatoms. The van der Waals surface area contributed by atoms with Gasteiger partial charge < -0.3 is 14.8 Å². The van der Waals surface area contributed by atoms with Gasteiger partial charge in [-0.15, -0.1) is 11.3 Å². The monoisotopic (exact) mass is 334 g/mol. The Balaban J connectivity index is 1.50. The van der Waals surface area contributed by atoms with Crippen LogP contribution in [0.1, 0.15) is 30.1 Å². The molecule has 4 nitrogen and oxygen atoms in total. The van der Waals surface area contributed by atoms with Crippen LogP contribution in [-0.2, 0) is 6.54 Å². The number of rotatable bonds is 7. The largest absolute Gasteiger partial charge is 0.467 e. The summed E-state index contributed by atoms with van der Waals surface area (Å²) in [5.41, 5.74) is 1.18. The van der Waals surface area contributed by atoms with Crippen LogP contribution in [0.2, 0.25) is 0 Å². The Morgan fingerprint density at radius 1 is 1.41 bits per heavy atom. The maximum absolute atomic E-state index is 10.1. The Morgan fingerprint density at radius 3 is 3.05 bits per heavy atom. The minimum Gasteiger partial charge on any atom is -0.467 e. The summed E-state index contributed by atoms with van der Waals surface area (Å²) >= 11 is 3.38. The van der Waals surface area contributed by atoms with E-state index in [-0.39, 0.29) is 6.04 Å². The van der Waals surface area contributed by atoms with Gasteiger partial charge in [-0.2, -0.15) is 11.3 Å². The van der Waals surface area contributed by atoms with Crippen molar-refractivity contribution in [3.05, 3.63) is 52.1 Å². The fourth-order valence-corrected chi connectivity index (χ4v) is 3.77. The summed E-state index contributed by atoms with van der Waals surface area (Å²) in [6.07, 6.45) is 3.55. The highest BCUT2D eigenvalue weighted by molar-refractivity contribution is 7.15. The lowest BCUT2D eigenvalue weighted by molar-refractivity contribution is 0.128. The lowest BCUT2D eigenvalue weighted by Gasteiger charge is -2.16. The molecule has 0 fully saturated rings. The van der Waals surface area contributed by atoms with Gasteiger partial charge in [0.25, 0.3) is 0 Å². The molecule has 116 valence electrons. The van der Waals surface area contributed by atoms with E-state index in [1.54, 1.807) is 41.1 Å². The maximum atomic E-state index is 10.1. The fraction of sp³-hybridized carbons (Fsp3) is 0.312. The molecule has 2 unspecified atom stereocenters. The predicted molar refractivity (Wildman–Crippen MR) is 90.0 cm³/mol. The number of aromatic nitrogens is 1. The van der Waals surface area contributed by atoms with Gasteiger partial charge in [-0.1, -0.05) is 0 Å². The minimum absolute atomic E-state index is 0.187. The van der Waals surface area contributed by atoms with E-state index in [4.69, 9.17) is 4.42 Å². The minimum atomic E-state index is -0.569. The summed E-state index contributed by atoms with van der Waals surface area (Å²) in [4.78, 5) is 5.65. The Bertz CT molecular complexity index is 677. The first-order chi connectivity index (χ1) is 10.7. The maximum Gasteiger partial charge on any atom is 0.132 e. The van der Waals surface area contributed by atoms with Crippen LogP contribution in [0.4, 0.5) is 0 Å². The second kappa shape index (κ2) is 7.19. The van der Waals surface area contributed by atoms with E-state index in [0.29, 0.717) is 12.2 Å². The van der Waals surface area contributed by atoms with Crippen molar-refractivity contribution in [3.63, 3.8) is 0 Å². The van der Waals surface area contributed by atoms with Crippen molar-refractivity contribution in [2.75, 3.05) is 0 Å². The number of hydrogen-bond acceptors (Lipinski definition) is 6. The summed E-state index contributed by atoms with van der Waals surface area (Å²) < 4.78 is 5.22. The lowest BCUT2D eigenvalue weighted by atomic mass is 10.1. The molecule has 3 aromatic heterocycles. The number of thiophene rings is 1. The van der Waals surface area contributed by atoms with Crippen LogP contribution >= 0.6 is 22.7 Å². The number of aliphatic hydroxyl groups is 1. The predicted octanol–water partition coefficient (Wildman–Crippen LogP) is 4.07. The van der Waals surface area contributed by atoms with Gasteiger partial charge in [0.05, 0.1) is 6.26 Å². The summed E-state index contributed by atoms with van der Waals surface area (Å²) in [7, 11) is 0. The second-order valence-corrected chi connectivity index (χ2v) is 7.09. The van der Waals surface area contributed by atoms with Crippen LogP contribution in [0.25, 0.3) is 10.6 Å². The Morgan fingerprint density at radius 2 is 2.32 bits per heavy atom. The van der Waals surface area contributed by atoms with Crippen molar-refractivity contribution in [2.45, 2.75) is 32.0 Å². The smallest absolute Gasteiger partial charge is 0.132 e. The zero-order valence-corrected chi connectivity index (χ0v) is 13.9. The zero-order valence-electron chi connectivity index (χ0n) is 12.2. The SMILES string of the molecule is CC(CC(O)c1ccco1)NCc1cnc(-c2ccsc2)s1. The highest BCUT2D eigenvalue weighted by Gasteiger charge is 2.15. The standard InChI is InChI=1S/C16H18N2O2S2/c1-11(7-14(19)15-3-2-5-20-15)17-8-13-9-18-16(22-13)12-4-6-21-10-12/h2-6,9-11,14,17,19H,7-8H2,1H3. The number of furan rings is 1. The van der Waals surface area contributed by atoms with E-state index in [1.807, 2.05) is 6.20 Å². The molecule has 22 heavy (non-hydrogen) atoms. The molecule has 3 heterocycles. The summed E-state index contributed by atoms with van der Waals surface area (Å²) in [5.74, 6) is 0.617. The average molecular weight is 334 g/mol. The second-order valence-electron chi connectivity index (χ2n) is 5.19. The molecular formula is C16H18N2O2S2. The molecule has 0 saturated carbocycles. The van der Waals surface area contributed by atoms with Crippen LogP contribution < -0.4 is 5.32 Å². The van der Waals surface area contributed by atoms with Crippen LogP contribution in [0.5, 0.6) is 0 Å². The third-order valence-electron chi connectivity index (χ3n) is 3.39. The molecular weight excluding hydrogens is 316 g/mol. The molecule has 2 atom stereocenters. The van der Waals surface area contributed by atoms with Crippen molar-refractivity contribution in [3.8, 4) is 10.6 Å². The van der Waals surface area contributed by atoms with Gasteiger partial charge in [-0.3, -0.25) is 0 Å². The molecule has 0 aliphatic heterocycles. The lowest BCUT2D eigenvalue weighted by Crippen LogP contribution is -2.27. The third kappa shape index (κ3) is 3.84. The quantitative estimate of drug-likeness (QED) is 0.684. The number of thiazole rings is 1. The average Bonchev–Trinajstić information content (AvgIpc) is 3.25. The van der Waals surface area contributed by atoms with Crippen LogP contribution in [-0.4, -0.2) is 16.1 Å². The van der Waals surface area contributed by atoms with Crippen molar-refractivity contribution in [1.82, 2.24) is 10.3 Å². The summed E-state index contributed by atoms with van der Waals surface area (Å²) in [6, 6.07) is 5.86. The van der Waals surface area contributed by atoms with Gasteiger partial charge in [0, 0.05) is 34.6 Å². The third-order valence-corrected chi connectivity index (χ3v) is 5.12. The van der Waals surface area contributed by atoms with Gasteiger partial charge in [0.1, 0.15) is 16.9 Å². The van der Waals surface area contributed by atoms with E-state index in [2.05, 4.69) is 34.1 Å². The zero-order chi connectivity index (χ0) is 15.4. The van der Waals surface area contributed by atoms with Gasteiger partial charge >= 0.3 is 0 Å². The molecule has 2 N–H and O–H groups in total. The van der Waals surface area contributed by atoms with Crippen molar-refractivity contribution in [2.24, 2.45) is 0 Å².